The van der Waals surface area contributed by atoms with Gasteiger partial charge in [-0.15, -0.1) is 0 Å². The summed E-state index contributed by atoms with van der Waals surface area (Å²) in [7, 11) is -2.10. The number of nitrogens with one attached hydrogen (secondary N) is 1. The van der Waals surface area contributed by atoms with Gasteiger partial charge in [0, 0.05) is 32.0 Å². The highest BCUT2D eigenvalue weighted by molar-refractivity contribution is 7.89. The Kier molecular flexibility index (Phi) is 6.31. The minimum absolute atomic E-state index is 0.123. The van der Waals surface area contributed by atoms with E-state index in [4.69, 9.17) is 4.74 Å². The molecular weight excluding hydrogens is 378 g/mol. The van der Waals surface area contributed by atoms with Gasteiger partial charge in [0.25, 0.3) is 0 Å². The molecule has 1 aliphatic rings. The van der Waals surface area contributed by atoms with Crippen molar-refractivity contribution in [2.24, 2.45) is 5.92 Å². The molecule has 8 heteroatoms. The average Bonchev–Trinajstić information content (AvgIpc) is 2.72. The summed E-state index contributed by atoms with van der Waals surface area (Å²) in [6, 6.07) is 8.49. The summed E-state index contributed by atoms with van der Waals surface area (Å²) in [4.78, 5) is 16.7. The third kappa shape index (κ3) is 4.51. The number of methoxy groups -OCH3 is 1. The zero-order chi connectivity index (χ0) is 20.1. The van der Waals surface area contributed by atoms with Crippen molar-refractivity contribution in [3.05, 3.63) is 53.9 Å². The maximum atomic E-state index is 13.0. The van der Waals surface area contributed by atoms with Crippen molar-refractivity contribution in [3.8, 4) is 5.75 Å². The monoisotopic (exact) mass is 403 g/mol. The van der Waals surface area contributed by atoms with Crippen molar-refractivity contribution in [1.82, 2.24) is 14.6 Å². The number of piperidine rings is 1. The number of rotatable bonds is 6. The predicted molar refractivity (Wildman–Crippen MR) is 105 cm³/mol. The summed E-state index contributed by atoms with van der Waals surface area (Å²) >= 11 is 0. The molecule has 2 aromatic rings. The number of carbonyl (C=O) groups excluding carboxylic acids is 1. The third-order valence-electron chi connectivity index (χ3n) is 4.98. The Morgan fingerprint density at radius 2 is 2.04 bits per heavy atom. The van der Waals surface area contributed by atoms with Crippen LogP contribution in [-0.2, 0) is 21.4 Å². The zero-order valence-corrected chi connectivity index (χ0v) is 16.9. The fourth-order valence-electron chi connectivity index (χ4n) is 3.37. The van der Waals surface area contributed by atoms with Crippen LogP contribution in [0.25, 0.3) is 0 Å². The number of nitrogens with zero attached hydrogens (tertiary/aromatic N) is 2. The second-order valence-electron chi connectivity index (χ2n) is 6.91. The summed E-state index contributed by atoms with van der Waals surface area (Å²) < 4.78 is 32.7. The summed E-state index contributed by atoms with van der Waals surface area (Å²) in [6.45, 7) is 2.82. The van der Waals surface area contributed by atoms with Gasteiger partial charge in [0.1, 0.15) is 5.75 Å². The molecule has 7 nitrogen and oxygen atoms in total. The topological polar surface area (TPSA) is 88.6 Å². The molecule has 150 valence electrons. The number of hydrogen-bond donors (Lipinski definition) is 1. The Hall–Kier alpha value is -2.45. The van der Waals surface area contributed by atoms with Crippen LogP contribution in [0.5, 0.6) is 5.75 Å². The van der Waals surface area contributed by atoms with Crippen LogP contribution in [0.2, 0.25) is 0 Å². The molecule has 3 rings (SSSR count). The van der Waals surface area contributed by atoms with E-state index in [0.29, 0.717) is 31.7 Å². The molecule has 0 aliphatic carbocycles. The van der Waals surface area contributed by atoms with E-state index >= 15 is 0 Å². The molecule has 1 N–H and O–H groups in total. The van der Waals surface area contributed by atoms with E-state index in [2.05, 4.69) is 10.3 Å². The van der Waals surface area contributed by atoms with E-state index in [1.54, 1.807) is 37.7 Å². The van der Waals surface area contributed by atoms with Crippen molar-refractivity contribution in [1.29, 1.82) is 0 Å². The maximum Gasteiger partial charge on any atom is 0.243 e. The SMILES string of the molecule is COc1ccc(S(=O)(=O)N2CCC[C@H](C(=O)NCc3ccncc3)C2)cc1C. The highest BCUT2D eigenvalue weighted by Crippen LogP contribution is 2.27. The van der Waals surface area contributed by atoms with E-state index in [9.17, 15) is 13.2 Å². The first-order valence-electron chi connectivity index (χ1n) is 9.23. The van der Waals surface area contributed by atoms with Gasteiger partial charge in [0.2, 0.25) is 15.9 Å². The summed E-state index contributed by atoms with van der Waals surface area (Å²) in [5.74, 6) is 0.165. The number of benzene rings is 1. The molecule has 1 aromatic carbocycles. The number of pyridine rings is 1. The maximum absolute atomic E-state index is 13.0. The van der Waals surface area contributed by atoms with Crippen molar-refractivity contribution in [2.75, 3.05) is 20.2 Å². The number of carbonyl (C=O) groups is 1. The molecule has 0 spiro atoms. The second-order valence-corrected chi connectivity index (χ2v) is 8.84. The molecule has 1 fully saturated rings. The standard InChI is InChI=1S/C20H25N3O4S/c1-15-12-18(5-6-19(15)27-2)28(25,26)23-11-3-4-17(14-23)20(24)22-13-16-7-9-21-10-8-16/h5-10,12,17H,3-4,11,13-14H2,1-2H3,(H,22,24)/t17-/m0/s1. The molecular formula is C20H25N3O4S. The first-order chi connectivity index (χ1) is 13.4. The van der Waals surface area contributed by atoms with Gasteiger partial charge >= 0.3 is 0 Å². The minimum atomic E-state index is -3.65. The molecule has 0 bridgehead atoms. The molecule has 1 atom stereocenters. The second kappa shape index (κ2) is 8.70. The van der Waals surface area contributed by atoms with Crippen molar-refractivity contribution in [2.45, 2.75) is 31.2 Å². The van der Waals surface area contributed by atoms with Gasteiger partial charge in [-0.3, -0.25) is 9.78 Å². The lowest BCUT2D eigenvalue weighted by atomic mass is 9.99. The number of aromatic nitrogens is 1. The summed E-state index contributed by atoms with van der Waals surface area (Å²) in [5.41, 5.74) is 1.71. The number of ether oxygens (including phenoxy) is 1. The molecule has 0 unspecified atom stereocenters. The first-order valence-corrected chi connectivity index (χ1v) is 10.7. The number of hydrogen-bond acceptors (Lipinski definition) is 5. The Bertz CT molecular complexity index is 932. The van der Waals surface area contributed by atoms with Crippen LogP contribution in [0.1, 0.15) is 24.0 Å². The quantitative estimate of drug-likeness (QED) is 0.798. The normalized spacial score (nSPS) is 17.9. The van der Waals surface area contributed by atoms with E-state index in [1.165, 1.54) is 4.31 Å². The lowest BCUT2D eigenvalue weighted by molar-refractivity contribution is -0.126. The van der Waals surface area contributed by atoms with Gasteiger partial charge in [-0.2, -0.15) is 4.31 Å². The van der Waals surface area contributed by atoms with Crippen LogP contribution < -0.4 is 10.1 Å². The molecule has 2 heterocycles. The third-order valence-corrected chi connectivity index (χ3v) is 6.84. The van der Waals surface area contributed by atoms with Crippen molar-refractivity contribution >= 4 is 15.9 Å². The lowest BCUT2D eigenvalue weighted by Crippen LogP contribution is -2.45. The number of aryl methyl sites for hydroxylation is 1. The van der Waals surface area contributed by atoms with Crippen molar-refractivity contribution in [3.63, 3.8) is 0 Å². The fraction of sp³-hybridized carbons (Fsp3) is 0.400. The molecule has 1 amide bonds. The molecule has 28 heavy (non-hydrogen) atoms. The van der Waals surface area contributed by atoms with Gasteiger partial charge in [-0.1, -0.05) is 0 Å². The highest BCUT2D eigenvalue weighted by atomic mass is 32.2. The zero-order valence-electron chi connectivity index (χ0n) is 16.1. The van der Waals surface area contributed by atoms with Gasteiger partial charge < -0.3 is 10.1 Å². The minimum Gasteiger partial charge on any atom is -0.496 e. The fourth-order valence-corrected chi connectivity index (χ4v) is 4.98. The Morgan fingerprint density at radius 3 is 2.71 bits per heavy atom. The Labute approximate surface area is 165 Å². The van der Waals surface area contributed by atoms with E-state index < -0.39 is 10.0 Å². The van der Waals surface area contributed by atoms with E-state index in [0.717, 1.165) is 11.1 Å². The predicted octanol–water partition coefficient (Wildman–Crippen LogP) is 2.12. The van der Waals surface area contributed by atoms with Gasteiger partial charge in [-0.05, 0) is 61.2 Å². The van der Waals surface area contributed by atoms with Gasteiger partial charge in [0.15, 0.2) is 0 Å². The van der Waals surface area contributed by atoms with Crippen LogP contribution in [0, 0.1) is 12.8 Å². The molecule has 0 radical (unpaired) electrons. The van der Waals surface area contributed by atoms with E-state index in [-0.39, 0.29) is 23.3 Å². The van der Waals surface area contributed by atoms with Crippen molar-refractivity contribution < 1.29 is 17.9 Å². The van der Waals surface area contributed by atoms with Crippen LogP contribution >= 0.6 is 0 Å². The molecule has 1 aliphatic heterocycles. The number of amides is 1. The smallest absolute Gasteiger partial charge is 0.243 e. The Morgan fingerprint density at radius 1 is 1.29 bits per heavy atom. The van der Waals surface area contributed by atoms with Gasteiger partial charge in [0.05, 0.1) is 17.9 Å². The van der Waals surface area contributed by atoms with Crippen LogP contribution in [0.15, 0.2) is 47.6 Å². The van der Waals surface area contributed by atoms with Crippen LogP contribution in [0.4, 0.5) is 0 Å². The molecule has 1 saturated heterocycles. The Balaban J connectivity index is 1.68. The van der Waals surface area contributed by atoms with Crippen LogP contribution in [-0.4, -0.2) is 43.8 Å². The number of sulfonamides is 1. The lowest BCUT2D eigenvalue weighted by Gasteiger charge is -2.31. The highest BCUT2D eigenvalue weighted by Gasteiger charge is 2.33. The van der Waals surface area contributed by atoms with Crippen LogP contribution in [0.3, 0.4) is 0 Å². The molecule has 1 aromatic heterocycles. The average molecular weight is 404 g/mol. The molecule has 0 saturated carbocycles. The summed E-state index contributed by atoms with van der Waals surface area (Å²) in [6.07, 6.45) is 4.68. The first kappa shape index (κ1) is 20.3. The van der Waals surface area contributed by atoms with Gasteiger partial charge in [-0.25, -0.2) is 8.42 Å². The summed E-state index contributed by atoms with van der Waals surface area (Å²) in [5, 5.41) is 2.90. The van der Waals surface area contributed by atoms with E-state index in [1.807, 2.05) is 19.1 Å². The largest absolute Gasteiger partial charge is 0.496 e.